The van der Waals surface area contributed by atoms with E-state index in [0.717, 1.165) is 11.3 Å². The zero-order valence-corrected chi connectivity index (χ0v) is 17.8. The Morgan fingerprint density at radius 2 is 1.60 bits per heavy atom. The molecule has 0 spiro atoms. The molecular weight excluding hydrogens is 386 g/mol. The molecule has 7 heteroatoms. The molecule has 30 heavy (non-hydrogen) atoms. The van der Waals surface area contributed by atoms with Gasteiger partial charge in [0.05, 0.1) is 26.4 Å². The zero-order valence-electron chi connectivity index (χ0n) is 17.8. The predicted octanol–water partition coefficient (Wildman–Crippen LogP) is 2.34. The molecule has 166 valence electrons. The van der Waals surface area contributed by atoms with Crippen molar-refractivity contribution < 1.29 is 29.2 Å². The summed E-state index contributed by atoms with van der Waals surface area (Å²) in [4.78, 5) is 2.04. The van der Waals surface area contributed by atoms with Crippen molar-refractivity contribution in [3.8, 4) is 17.2 Å². The number of para-hydroxylation sites is 2. The van der Waals surface area contributed by atoms with Crippen LogP contribution in [0.3, 0.4) is 0 Å². The Labute approximate surface area is 178 Å². The predicted molar refractivity (Wildman–Crippen MR) is 115 cm³/mol. The van der Waals surface area contributed by atoms with E-state index in [1.54, 1.807) is 0 Å². The van der Waals surface area contributed by atoms with E-state index in [2.05, 4.69) is 0 Å². The molecular formula is C23H33NO6. The van der Waals surface area contributed by atoms with Crippen LogP contribution >= 0.6 is 0 Å². The molecule has 0 saturated heterocycles. The number of aliphatic hydroxyl groups is 2. The van der Waals surface area contributed by atoms with Gasteiger partial charge in [-0.25, -0.2) is 0 Å². The summed E-state index contributed by atoms with van der Waals surface area (Å²) in [5.74, 6) is 2.09. The minimum atomic E-state index is -0.619. The van der Waals surface area contributed by atoms with Gasteiger partial charge in [-0.05, 0) is 43.8 Å². The Hall–Kier alpha value is -2.32. The van der Waals surface area contributed by atoms with Crippen LogP contribution in [0, 0.1) is 0 Å². The molecule has 2 aromatic carbocycles. The van der Waals surface area contributed by atoms with E-state index in [1.165, 1.54) is 0 Å². The van der Waals surface area contributed by atoms with Gasteiger partial charge in [-0.2, -0.15) is 0 Å². The maximum atomic E-state index is 10.3. The molecule has 0 bridgehead atoms. The average molecular weight is 420 g/mol. The van der Waals surface area contributed by atoms with Crippen LogP contribution in [0.5, 0.6) is 17.2 Å². The first-order chi connectivity index (χ1) is 14.6. The van der Waals surface area contributed by atoms with Gasteiger partial charge in [0.25, 0.3) is 0 Å². The van der Waals surface area contributed by atoms with Gasteiger partial charge in [0.1, 0.15) is 25.1 Å². The maximum Gasteiger partial charge on any atom is 0.161 e. The zero-order chi connectivity index (χ0) is 21.6. The van der Waals surface area contributed by atoms with Crippen molar-refractivity contribution in [2.45, 2.75) is 19.6 Å². The van der Waals surface area contributed by atoms with Crippen LogP contribution in [-0.4, -0.2) is 74.5 Å². The standard InChI is InChI=1S/C23H33NO6/c1-3-28-22-6-4-5-7-23(22)30-18-20(26)17-24(2)16-19-8-10-21(11-9-19)29-15-14-27-13-12-25/h4-11,20,25-26H,3,12-18H2,1-2H3/t20-/m0/s1. The highest BCUT2D eigenvalue weighted by atomic mass is 16.5. The number of aliphatic hydroxyl groups excluding tert-OH is 2. The minimum absolute atomic E-state index is 0.0175. The van der Waals surface area contributed by atoms with Crippen LogP contribution in [0.4, 0.5) is 0 Å². The molecule has 0 aromatic heterocycles. The first-order valence-corrected chi connectivity index (χ1v) is 10.2. The summed E-state index contributed by atoms with van der Waals surface area (Å²) in [6.45, 7) is 5.09. The van der Waals surface area contributed by atoms with Crippen LogP contribution in [-0.2, 0) is 11.3 Å². The molecule has 2 aromatic rings. The van der Waals surface area contributed by atoms with Crippen molar-refractivity contribution in [3.63, 3.8) is 0 Å². The Balaban J connectivity index is 1.71. The van der Waals surface area contributed by atoms with E-state index in [4.69, 9.17) is 24.1 Å². The van der Waals surface area contributed by atoms with E-state index >= 15 is 0 Å². The van der Waals surface area contributed by atoms with E-state index in [0.29, 0.717) is 51.0 Å². The van der Waals surface area contributed by atoms with Gasteiger partial charge >= 0.3 is 0 Å². The third-order valence-electron chi connectivity index (χ3n) is 4.21. The number of likely N-dealkylation sites (N-methyl/N-ethyl adjacent to an activating group) is 1. The van der Waals surface area contributed by atoms with Crippen molar-refractivity contribution in [2.75, 3.05) is 53.2 Å². The number of nitrogens with zero attached hydrogens (tertiary/aromatic N) is 1. The summed E-state index contributed by atoms with van der Waals surface area (Å²) in [7, 11) is 1.96. The average Bonchev–Trinajstić information content (AvgIpc) is 2.74. The molecule has 1 atom stereocenters. The van der Waals surface area contributed by atoms with Crippen molar-refractivity contribution in [2.24, 2.45) is 0 Å². The number of ether oxygens (including phenoxy) is 4. The maximum absolute atomic E-state index is 10.3. The molecule has 7 nitrogen and oxygen atoms in total. The summed E-state index contributed by atoms with van der Waals surface area (Å²) in [5, 5.41) is 19.0. The van der Waals surface area contributed by atoms with Crippen LogP contribution < -0.4 is 14.2 Å². The minimum Gasteiger partial charge on any atom is -0.491 e. The smallest absolute Gasteiger partial charge is 0.161 e. The Bertz CT molecular complexity index is 709. The van der Waals surface area contributed by atoms with Gasteiger partial charge in [0.2, 0.25) is 0 Å². The van der Waals surface area contributed by atoms with E-state index in [9.17, 15) is 5.11 Å². The van der Waals surface area contributed by atoms with E-state index in [1.807, 2.05) is 67.4 Å². The Morgan fingerprint density at radius 3 is 2.27 bits per heavy atom. The lowest BCUT2D eigenvalue weighted by Gasteiger charge is -2.21. The molecule has 0 heterocycles. The van der Waals surface area contributed by atoms with Crippen LogP contribution in [0.15, 0.2) is 48.5 Å². The second kappa shape index (κ2) is 13.8. The Morgan fingerprint density at radius 1 is 0.900 bits per heavy atom. The summed E-state index contributed by atoms with van der Waals surface area (Å²) in [6, 6.07) is 15.3. The SMILES string of the molecule is CCOc1ccccc1OC[C@@H](O)CN(C)Cc1ccc(OCCOCCO)cc1. The fourth-order valence-corrected chi connectivity index (χ4v) is 2.89. The molecule has 0 aliphatic rings. The molecule has 0 aliphatic carbocycles. The topological polar surface area (TPSA) is 80.6 Å². The monoisotopic (exact) mass is 419 g/mol. The quantitative estimate of drug-likeness (QED) is 0.429. The largest absolute Gasteiger partial charge is 0.491 e. The van der Waals surface area contributed by atoms with Crippen molar-refractivity contribution in [1.29, 1.82) is 0 Å². The molecule has 0 saturated carbocycles. The van der Waals surface area contributed by atoms with Gasteiger partial charge in [0.15, 0.2) is 11.5 Å². The van der Waals surface area contributed by atoms with Crippen molar-refractivity contribution in [3.05, 3.63) is 54.1 Å². The first kappa shape index (κ1) is 24.0. The normalized spacial score (nSPS) is 12.0. The van der Waals surface area contributed by atoms with Gasteiger partial charge in [-0.3, -0.25) is 4.90 Å². The van der Waals surface area contributed by atoms with Gasteiger partial charge in [-0.1, -0.05) is 24.3 Å². The fraction of sp³-hybridized carbons (Fsp3) is 0.478. The second-order valence-electron chi connectivity index (χ2n) is 6.87. The highest BCUT2D eigenvalue weighted by molar-refractivity contribution is 5.39. The number of hydrogen-bond donors (Lipinski definition) is 2. The molecule has 2 rings (SSSR count). The molecule has 0 radical (unpaired) electrons. The molecule has 0 aliphatic heterocycles. The Kier molecular flexibility index (Phi) is 11.0. The molecule has 0 unspecified atom stereocenters. The summed E-state index contributed by atoms with van der Waals surface area (Å²) in [6.07, 6.45) is -0.619. The summed E-state index contributed by atoms with van der Waals surface area (Å²) < 4.78 is 22.0. The van der Waals surface area contributed by atoms with E-state index in [-0.39, 0.29) is 13.2 Å². The third-order valence-corrected chi connectivity index (χ3v) is 4.21. The van der Waals surface area contributed by atoms with Gasteiger partial charge in [-0.15, -0.1) is 0 Å². The highest BCUT2D eigenvalue weighted by Crippen LogP contribution is 2.26. The highest BCUT2D eigenvalue weighted by Gasteiger charge is 2.12. The van der Waals surface area contributed by atoms with Gasteiger partial charge in [0, 0.05) is 13.1 Å². The van der Waals surface area contributed by atoms with Crippen molar-refractivity contribution >= 4 is 0 Å². The fourth-order valence-electron chi connectivity index (χ4n) is 2.89. The number of rotatable bonds is 15. The molecule has 0 fully saturated rings. The lowest BCUT2D eigenvalue weighted by atomic mass is 10.2. The first-order valence-electron chi connectivity index (χ1n) is 10.2. The van der Waals surface area contributed by atoms with Crippen LogP contribution in [0.1, 0.15) is 12.5 Å². The van der Waals surface area contributed by atoms with Crippen molar-refractivity contribution in [1.82, 2.24) is 4.90 Å². The number of benzene rings is 2. The lowest BCUT2D eigenvalue weighted by Crippen LogP contribution is -2.32. The second-order valence-corrected chi connectivity index (χ2v) is 6.87. The summed E-state index contributed by atoms with van der Waals surface area (Å²) in [5.41, 5.74) is 1.12. The van der Waals surface area contributed by atoms with Gasteiger partial charge < -0.3 is 29.2 Å². The number of hydrogen-bond acceptors (Lipinski definition) is 7. The van der Waals surface area contributed by atoms with E-state index < -0.39 is 6.10 Å². The summed E-state index contributed by atoms with van der Waals surface area (Å²) >= 11 is 0. The lowest BCUT2D eigenvalue weighted by molar-refractivity contribution is 0.0704. The molecule has 0 amide bonds. The van der Waals surface area contributed by atoms with Crippen LogP contribution in [0.2, 0.25) is 0 Å². The third kappa shape index (κ3) is 9.00. The molecule has 2 N–H and O–H groups in total. The van der Waals surface area contributed by atoms with Crippen LogP contribution in [0.25, 0.3) is 0 Å².